The van der Waals surface area contributed by atoms with E-state index in [1.165, 1.54) is 5.69 Å². The smallest absolute Gasteiger partial charge is 0.0404 e. The second kappa shape index (κ2) is 6.47. The summed E-state index contributed by atoms with van der Waals surface area (Å²) in [5.74, 6) is 0. The highest BCUT2D eigenvalue weighted by atomic mass is 14.9. The van der Waals surface area contributed by atoms with Gasteiger partial charge in [-0.2, -0.15) is 0 Å². The predicted molar refractivity (Wildman–Crippen MR) is 56.0 cm³/mol. The van der Waals surface area contributed by atoms with Gasteiger partial charge in [-0.1, -0.05) is 32.6 Å². The summed E-state index contributed by atoms with van der Waals surface area (Å²) in [5.41, 5.74) is 1.19. The maximum absolute atomic E-state index is 3.59. The first-order chi connectivity index (χ1) is 5.84. The Labute approximate surface area is 75.0 Å². The molecule has 0 saturated heterocycles. The molecule has 1 heteroatoms. The molecule has 0 saturated carbocycles. The van der Waals surface area contributed by atoms with Crippen LogP contribution in [0.25, 0.3) is 6.08 Å². The highest BCUT2D eigenvalue weighted by molar-refractivity contribution is 5.47. The summed E-state index contributed by atoms with van der Waals surface area (Å²) < 4.78 is 2.06. The lowest BCUT2D eigenvalue weighted by molar-refractivity contribution is 0.915. The molecule has 0 atom stereocenters. The summed E-state index contributed by atoms with van der Waals surface area (Å²) in [5, 5.41) is 0. The molecule has 1 aromatic rings. The van der Waals surface area contributed by atoms with E-state index in [0.717, 1.165) is 0 Å². The van der Waals surface area contributed by atoms with E-state index in [4.69, 9.17) is 0 Å². The van der Waals surface area contributed by atoms with Crippen LogP contribution in [0.5, 0.6) is 0 Å². The lowest BCUT2D eigenvalue weighted by atomic mass is 10.4. The summed E-state index contributed by atoms with van der Waals surface area (Å²) in [6.07, 6.45) is 7.73. The van der Waals surface area contributed by atoms with Gasteiger partial charge < -0.3 is 4.57 Å². The topological polar surface area (TPSA) is 4.93 Å². The molecule has 0 spiro atoms. The predicted octanol–water partition coefficient (Wildman–Crippen LogP) is 3.25. The molecular weight excluding hydrogens is 146 g/mol. The van der Waals surface area contributed by atoms with E-state index in [9.17, 15) is 0 Å². The van der Waals surface area contributed by atoms with Gasteiger partial charge in [0.25, 0.3) is 0 Å². The Balaban J connectivity index is 0.000000561. The number of aromatic nitrogens is 1. The van der Waals surface area contributed by atoms with Crippen LogP contribution in [0.4, 0.5) is 0 Å². The van der Waals surface area contributed by atoms with Crippen molar-refractivity contribution in [3.63, 3.8) is 0 Å². The van der Waals surface area contributed by atoms with Gasteiger partial charge in [0.2, 0.25) is 0 Å². The second-order valence-electron chi connectivity index (χ2n) is 2.14. The molecule has 0 aliphatic carbocycles. The molecule has 0 unspecified atom stereocenters. The fraction of sp³-hybridized carbons (Fsp3) is 0.273. The molecule has 0 N–H and O–H groups in total. The van der Waals surface area contributed by atoms with Gasteiger partial charge in [-0.05, 0) is 18.2 Å². The molecule has 12 heavy (non-hydrogen) atoms. The van der Waals surface area contributed by atoms with E-state index >= 15 is 0 Å². The van der Waals surface area contributed by atoms with Gasteiger partial charge in [-0.3, -0.25) is 0 Å². The zero-order valence-electron chi connectivity index (χ0n) is 8.12. The van der Waals surface area contributed by atoms with Crippen LogP contribution < -0.4 is 0 Å². The van der Waals surface area contributed by atoms with Crippen molar-refractivity contribution < 1.29 is 0 Å². The number of hydrogen-bond acceptors (Lipinski definition) is 0. The van der Waals surface area contributed by atoms with Crippen LogP contribution in [0.1, 0.15) is 19.5 Å². The number of nitrogens with zero attached hydrogens (tertiary/aromatic N) is 1. The molecule has 66 valence electrons. The molecule has 0 aliphatic rings. The van der Waals surface area contributed by atoms with Crippen molar-refractivity contribution in [1.29, 1.82) is 0 Å². The molecule has 1 aromatic heterocycles. The molecule has 0 bridgehead atoms. The summed E-state index contributed by atoms with van der Waals surface area (Å²) >= 11 is 0. The third-order valence-corrected chi connectivity index (χ3v) is 1.39. The molecule has 1 rings (SSSR count). The fourth-order valence-electron chi connectivity index (χ4n) is 0.814. The minimum absolute atomic E-state index is 1.19. The van der Waals surface area contributed by atoms with Crippen molar-refractivity contribution in [1.82, 2.24) is 4.57 Å². The van der Waals surface area contributed by atoms with Gasteiger partial charge in [0.15, 0.2) is 0 Å². The van der Waals surface area contributed by atoms with Gasteiger partial charge in [0.05, 0.1) is 0 Å². The van der Waals surface area contributed by atoms with Crippen LogP contribution in [0, 0.1) is 0 Å². The van der Waals surface area contributed by atoms with Crippen molar-refractivity contribution in [2.24, 2.45) is 7.05 Å². The van der Waals surface area contributed by atoms with E-state index in [0.29, 0.717) is 0 Å². The highest BCUT2D eigenvalue weighted by Gasteiger charge is 1.86. The van der Waals surface area contributed by atoms with Crippen LogP contribution in [-0.4, -0.2) is 4.57 Å². The molecule has 0 aromatic carbocycles. The first kappa shape index (κ1) is 10.8. The van der Waals surface area contributed by atoms with Crippen molar-refractivity contribution in [3.8, 4) is 0 Å². The lowest BCUT2D eigenvalue weighted by Gasteiger charge is -1.92. The standard InChI is InChI=1S/C9H11N.C2H6/c1-3-4-6-9-7-5-8-10(9)2;1-2/h3-8H,1H2,2H3;1-2H3/b6-4-;. The Morgan fingerprint density at radius 1 is 1.42 bits per heavy atom. The van der Waals surface area contributed by atoms with Crippen LogP contribution in [0.15, 0.2) is 37.1 Å². The number of aryl methyl sites for hydroxylation is 1. The summed E-state index contributed by atoms with van der Waals surface area (Å²) in [6, 6.07) is 4.07. The van der Waals surface area contributed by atoms with E-state index in [1.54, 1.807) is 6.08 Å². The third kappa shape index (κ3) is 3.24. The Morgan fingerprint density at radius 3 is 2.50 bits per heavy atom. The minimum Gasteiger partial charge on any atom is -0.351 e. The third-order valence-electron chi connectivity index (χ3n) is 1.39. The maximum atomic E-state index is 3.59. The summed E-state index contributed by atoms with van der Waals surface area (Å²) in [7, 11) is 2.02. The molecule has 0 aliphatic heterocycles. The molecular formula is C11H17N. The van der Waals surface area contributed by atoms with Gasteiger partial charge in [-0.15, -0.1) is 0 Å². The average Bonchev–Trinajstić information content (AvgIpc) is 2.51. The summed E-state index contributed by atoms with van der Waals surface area (Å²) in [4.78, 5) is 0. The van der Waals surface area contributed by atoms with Crippen LogP contribution in [-0.2, 0) is 7.05 Å². The van der Waals surface area contributed by atoms with E-state index in [2.05, 4.69) is 17.2 Å². The minimum atomic E-state index is 1.19. The molecule has 1 heterocycles. The fourth-order valence-corrected chi connectivity index (χ4v) is 0.814. The van der Waals surface area contributed by atoms with E-state index in [-0.39, 0.29) is 0 Å². The van der Waals surface area contributed by atoms with Gasteiger partial charge in [-0.25, -0.2) is 0 Å². The van der Waals surface area contributed by atoms with Gasteiger partial charge in [0, 0.05) is 18.9 Å². The Morgan fingerprint density at radius 2 is 2.08 bits per heavy atom. The van der Waals surface area contributed by atoms with Crippen molar-refractivity contribution in [2.45, 2.75) is 13.8 Å². The number of allylic oxidation sites excluding steroid dienone is 2. The van der Waals surface area contributed by atoms with Crippen molar-refractivity contribution >= 4 is 6.08 Å². The first-order valence-electron chi connectivity index (χ1n) is 4.25. The monoisotopic (exact) mass is 163 g/mol. The quantitative estimate of drug-likeness (QED) is 0.590. The molecule has 1 nitrogen and oxygen atoms in total. The zero-order valence-corrected chi connectivity index (χ0v) is 8.12. The maximum Gasteiger partial charge on any atom is 0.0404 e. The van der Waals surface area contributed by atoms with Crippen LogP contribution in [0.3, 0.4) is 0 Å². The molecule has 0 radical (unpaired) electrons. The lowest BCUT2D eigenvalue weighted by Crippen LogP contribution is -1.85. The number of hydrogen-bond donors (Lipinski definition) is 0. The van der Waals surface area contributed by atoms with Crippen LogP contribution >= 0.6 is 0 Å². The van der Waals surface area contributed by atoms with Gasteiger partial charge in [0.1, 0.15) is 0 Å². The SMILES string of the molecule is C=C/C=C\c1cccn1C.CC. The Kier molecular flexibility index (Phi) is 5.80. The summed E-state index contributed by atoms with van der Waals surface area (Å²) in [6.45, 7) is 7.59. The van der Waals surface area contributed by atoms with Crippen molar-refractivity contribution in [3.05, 3.63) is 42.8 Å². The number of rotatable bonds is 2. The van der Waals surface area contributed by atoms with Crippen LogP contribution in [0.2, 0.25) is 0 Å². The normalized spacial score (nSPS) is 9.25. The average molecular weight is 163 g/mol. The molecule has 0 amide bonds. The first-order valence-corrected chi connectivity index (χ1v) is 4.25. The Hall–Kier alpha value is -1.24. The molecule has 0 fully saturated rings. The van der Waals surface area contributed by atoms with E-state index in [1.807, 2.05) is 45.3 Å². The second-order valence-corrected chi connectivity index (χ2v) is 2.14. The Bertz CT molecular complexity index is 243. The zero-order chi connectivity index (χ0) is 9.40. The van der Waals surface area contributed by atoms with Crippen molar-refractivity contribution in [2.75, 3.05) is 0 Å². The van der Waals surface area contributed by atoms with Gasteiger partial charge >= 0.3 is 0 Å². The highest BCUT2D eigenvalue weighted by Crippen LogP contribution is 2.01. The van der Waals surface area contributed by atoms with E-state index < -0.39 is 0 Å². The largest absolute Gasteiger partial charge is 0.351 e.